The van der Waals surface area contributed by atoms with E-state index < -0.39 is 0 Å². The van der Waals surface area contributed by atoms with Crippen LogP contribution in [0.1, 0.15) is 19.3 Å². The van der Waals surface area contributed by atoms with Gasteiger partial charge >= 0.3 is 0 Å². The van der Waals surface area contributed by atoms with Crippen molar-refractivity contribution in [3.63, 3.8) is 0 Å². The lowest BCUT2D eigenvalue weighted by Crippen LogP contribution is -2.37. The summed E-state index contributed by atoms with van der Waals surface area (Å²) >= 11 is 0. The lowest BCUT2D eigenvalue weighted by atomic mass is 10.2. The minimum Gasteiger partial charge on any atom is -0.355 e. The van der Waals surface area contributed by atoms with Gasteiger partial charge in [-0.25, -0.2) is 10.8 Å². The van der Waals surface area contributed by atoms with Gasteiger partial charge < -0.3 is 10.3 Å². The number of nitrogens with zero attached hydrogens (tertiary/aromatic N) is 3. The summed E-state index contributed by atoms with van der Waals surface area (Å²) in [6.45, 7) is 4.70. The van der Waals surface area contributed by atoms with E-state index in [4.69, 9.17) is 5.84 Å². The molecule has 0 aromatic carbocycles. The molecule has 2 saturated heterocycles. The molecule has 0 radical (unpaired) electrons. The maximum atomic E-state index is 5.43. The second-order valence-corrected chi connectivity index (χ2v) is 5.16. The largest absolute Gasteiger partial charge is 0.355 e. The molecule has 2 aliphatic rings. The quantitative estimate of drug-likeness (QED) is 0.604. The van der Waals surface area contributed by atoms with Gasteiger partial charge in [0, 0.05) is 25.7 Å². The van der Waals surface area contributed by atoms with Gasteiger partial charge in [0.25, 0.3) is 0 Å². The van der Waals surface area contributed by atoms with Gasteiger partial charge in [-0.05, 0) is 37.9 Å². The highest BCUT2D eigenvalue weighted by atomic mass is 15.3. The summed E-state index contributed by atoms with van der Waals surface area (Å²) in [4.78, 5) is 9.57. The van der Waals surface area contributed by atoms with Gasteiger partial charge in [0.2, 0.25) is 0 Å². The summed E-state index contributed by atoms with van der Waals surface area (Å²) in [5, 5.41) is 0. The Morgan fingerprint density at radius 3 is 3.00 bits per heavy atom. The second-order valence-electron chi connectivity index (χ2n) is 5.16. The van der Waals surface area contributed by atoms with Crippen LogP contribution in [-0.4, -0.2) is 42.1 Å². The molecule has 2 fully saturated rings. The monoisotopic (exact) mass is 247 g/mol. The van der Waals surface area contributed by atoms with Crippen molar-refractivity contribution in [3.05, 3.63) is 18.2 Å². The van der Waals surface area contributed by atoms with E-state index in [0.717, 1.165) is 24.7 Å². The minimum absolute atomic E-state index is 0.712. The van der Waals surface area contributed by atoms with Crippen LogP contribution in [-0.2, 0) is 0 Å². The van der Waals surface area contributed by atoms with Gasteiger partial charge in [-0.3, -0.25) is 4.90 Å². The van der Waals surface area contributed by atoms with Crippen LogP contribution in [0.25, 0.3) is 0 Å². The topological polar surface area (TPSA) is 57.4 Å². The van der Waals surface area contributed by atoms with E-state index >= 15 is 0 Å². The number of aromatic nitrogens is 1. The number of nitrogens with two attached hydrogens (primary N) is 1. The minimum atomic E-state index is 0.712. The first-order valence-electron chi connectivity index (χ1n) is 6.79. The molecule has 98 valence electrons. The molecule has 1 unspecified atom stereocenters. The van der Waals surface area contributed by atoms with Crippen LogP contribution in [0.5, 0.6) is 0 Å². The summed E-state index contributed by atoms with van der Waals surface area (Å²) in [6.07, 6.45) is 3.89. The molecular weight excluding hydrogens is 226 g/mol. The average Bonchev–Trinajstić information content (AvgIpc) is 2.76. The normalized spacial score (nSPS) is 24.7. The average molecular weight is 247 g/mol. The molecule has 3 rings (SSSR count). The first kappa shape index (κ1) is 11.7. The number of pyridine rings is 1. The van der Waals surface area contributed by atoms with Crippen LogP contribution >= 0.6 is 0 Å². The number of hydrogen-bond donors (Lipinski definition) is 2. The fraction of sp³-hybridized carbons (Fsp3) is 0.615. The number of nitrogen functional groups attached to an aromatic ring is 1. The van der Waals surface area contributed by atoms with Crippen LogP contribution in [0.15, 0.2) is 18.2 Å². The zero-order valence-corrected chi connectivity index (χ0v) is 10.7. The Bertz CT molecular complexity index is 408. The predicted molar refractivity (Wildman–Crippen MR) is 73.5 cm³/mol. The number of fused-ring (bicyclic) bond motifs is 1. The molecule has 5 heteroatoms. The molecule has 5 nitrogen and oxygen atoms in total. The number of hydrogen-bond acceptors (Lipinski definition) is 5. The third-order valence-corrected chi connectivity index (χ3v) is 4.01. The van der Waals surface area contributed by atoms with Crippen molar-refractivity contribution in [2.45, 2.75) is 25.3 Å². The Balaban J connectivity index is 1.78. The van der Waals surface area contributed by atoms with E-state index in [1.54, 1.807) is 0 Å². The van der Waals surface area contributed by atoms with Crippen molar-refractivity contribution in [2.24, 2.45) is 5.84 Å². The standard InChI is InChI=1S/C13H21N5/c14-16-12-5-1-6-13(15-12)18-9-3-8-17-7-2-4-11(17)10-18/h1,5-6,11H,2-4,7-10,14H2,(H,15,16). The van der Waals surface area contributed by atoms with E-state index in [2.05, 4.69) is 26.3 Å². The molecule has 1 aromatic heterocycles. The van der Waals surface area contributed by atoms with E-state index in [9.17, 15) is 0 Å². The van der Waals surface area contributed by atoms with Crippen LogP contribution in [0.2, 0.25) is 0 Å². The van der Waals surface area contributed by atoms with Crippen molar-refractivity contribution >= 4 is 11.6 Å². The SMILES string of the molecule is NNc1cccc(N2CCCN3CCCC3C2)n1. The van der Waals surface area contributed by atoms with E-state index in [-0.39, 0.29) is 0 Å². The van der Waals surface area contributed by atoms with Crippen molar-refractivity contribution in [2.75, 3.05) is 36.5 Å². The summed E-state index contributed by atoms with van der Waals surface area (Å²) < 4.78 is 0. The van der Waals surface area contributed by atoms with Crippen molar-refractivity contribution < 1.29 is 0 Å². The van der Waals surface area contributed by atoms with Gasteiger partial charge in [-0.1, -0.05) is 6.07 Å². The van der Waals surface area contributed by atoms with Crippen LogP contribution in [0, 0.1) is 0 Å². The maximum Gasteiger partial charge on any atom is 0.142 e. The summed E-state index contributed by atoms with van der Waals surface area (Å²) in [5.74, 6) is 7.20. The van der Waals surface area contributed by atoms with Gasteiger partial charge in [0.15, 0.2) is 0 Å². The highest BCUT2D eigenvalue weighted by Gasteiger charge is 2.29. The number of nitrogens with one attached hydrogen (secondary N) is 1. The number of hydrazine groups is 1. The smallest absolute Gasteiger partial charge is 0.142 e. The van der Waals surface area contributed by atoms with Gasteiger partial charge in [0.1, 0.15) is 11.6 Å². The van der Waals surface area contributed by atoms with Gasteiger partial charge in [0.05, 0.1) is 0 Å². The Labute approximate surface area is 108 Å². The maximum absolute atomic E-state index is 5.43. The molecule has 3 N–H and O–H groups in total. The number of anilines is 2. The van der Waals surface area contributed by atoms with E-state index in [1.165, 1.54) is 32.4 Å². The lowest BCUT2D eigenvalue weighted by Gasteiger charge is -2.26. The molecule has 0 spiro atoms. The van der Waals surface area contributed by atoms with E-state index in [0.29, 0.717) is 6.04 Å². The molecular formula is C13H21N5. The van der Waals surface area contributed by atoms with Gasteiger partial charge in [-0.2, -0.15) is 0 Å². The van der Waals surface area contributed by atoms with Gasteiger partial charge in [-0.15, -0.1) is 0 Å². The first-order valence-corrected chi connectivity index (χ1v) is 6.79. The molecule has 3 heterocycles. The highest BCUT2D eigenvalue weighted by molar-refractivity contribution is 5.46. The summed E-state index contributed by atoms with van der Waals surface area (Å²) in [7, 11) is 0. The van der Waals surface area contributed by atoms with Crippen LogP contribution in [0.4, 0.5) is 11.6 Å². The predicted octanol–water partition coefficient (Wildman–Crippen LogP) is 1.04. The third-order valence-electron chi connectivity index (χ3n) is 4.01. The molecule has 2 aliphatic heterocycles. The molecule has 0 aliphatic carbocycles. The van der Waals surface area contributed by atoms with Crippen molar-refractivity contribution in [3.8, 4) is 0 Å². The Morgan fingerprint density at radius 2 is 2.11 bits per heavy atom. The zero-order valence-electron chi connectivity index (χ0n) is 10.7. The Kier molecular flexibility index (Phi) is 3.34. The highest BCUT2D eigenvalue weighted by Crippen LogP contribution is 2.24. The van der Waals surface area contributed by atoms with Crippen LogP contribution in [0.3, 0.4) is 0 Å². The second kappa shape index (κ2) is 5.12. The molecule has 18 heavy (non-hydrogen) atoms. The van der Waals surface area contributed by atoms with Crippen molar-refractivity contribution in [1.82, 2.24) is 9.88 Å². The summed E-state index contributed by atoms with van der Waals surface area (Å²) in [6, 6.07) is 6.69. The van der Waals surface area contributed by atoms with Crippen molar-refractivity contribution in [1.29, 1.82) is 0 Å². The Morgan fingerprint density at radius 1 is 1.22 bits per heavy atom. The molecule has 0 bridgehead atoms. The Hall–Kier alpha value is -1.33. The zero-order chi connectivity index (χ0) is 12.4. The molecule has 0 amide bonds. The lowest BCUT2D eigenvalue weighted by molar-refractivity contribution is 0.273. The molecule has 1 aromatic rings. The number of rotatable bonds is 2. The fourth-order valence-corrected chi connectivity index (χ4v) is 3.09. The summed E-state index contributed by atoms with van der Waals surface area (Å²) in [5.41, 5.74) is 2.62. The first-order chi connectivity index (χ1) is 8.86. The van der Waals surface area contributed by atoms with Crippen LogP contribution < -0.4 is 16.2 Å². The molecule has 1 atom stereocenters. The molecule has 0 saturated carbocycles. The van der Waals surface area contributed by atoms with E-state index in [1.807, 2.05) is 12.1 Å². The third kappa shape index (κ3) is 2.28. The fourth-order valence-electron chi connectivity index (χ4n) is 3.09.